The summed E-state index contributed by atoms with van der Waals surface area (Å²) < 4.78 is 13.8. The average Bonchev–Trinajstić information content (AvgIpc) is 2.79. The molecule has 0 radical (unpaired) electrons. The number of anilines is 2. The monoisotopic (exact) mass is 276 g/mol. The van der Waals surface area contributed by atoms with Gasteiger partial charge in [-0.2, -0.15) is 0 Å². The van der Waals surface area contributed by atoms with Gasteiger partial charge in [-0.25, -0.2) is 4.39 Å². The Morgan fingerprint density at radius 2 is 2.11 bits per heavy atom. The maximum atomic E-state index is 13.8. The number of nitrogens with zero attached hydrogens (tertiary/aromatic N) is 1. The quantitative estimate of drug-likeness (QED) is 0.849. The Hall–Kier alpha value is -1.74. The predicted molar refractivity (Wildman–Crippen MR) is 77.0 cm³/mol. The highest BCUT2D eigenvalue weighted by Gasteiger charge is 2.22. The normalized spacial score (nSPS) is 13.7. The fourth-order valence-electron chi connectivity index (χ4n) is 2.59. The van der Waals surface area contributed by atoms with Crippen LogP contribution in [0.15, 0.2) is 36.4 Å². The molecular weight excluding hydrogens is 263 g/mol. The lowest BCUT2D eigenvalue weighted by atomic mass is 10.1. The zero-order valence-corrected chi connectivity index (χ0v) is 11.1. The molecule has 0 spiro atoms. The highest BCUT2D eigenvalue weighted by atomic mass is 35.5. The lowest BCUT2D eigenvalue weighted by Crippen LogP contribution is -2.21. The third kappa shape index (κ3) is 2.26. The minimum atomic E-state index is -0.229. The summed E-state index contributed by atoms with van der Waals surface area (Å²) in [4.78, 5) is 2.11. The summed E-state index contributed by atoms with van der Waals surface area (Å²) in [7, 11) is 0. The zero-order valence-electron chi connectivity index (χ0n) is 10.4. The largest absolute Gasteiger partial charge is 0.397 e. The van der Waals surface area contributed by atoms with E-state index in [4.69, 9.17) is 17.3 Å². The molecule has 2 aromatic carbocycles. The number of para-hydroxylation sites is 1. The topological polar surface area (TPSA) is 29.3 Å². The Kier molecular flexibility index (Phi) is 3.07. The summed E-state index contributed by atoms with van der Waals surface area (Å²) in [6, 6.07) is 10.5. The molecule has 98 valence electrons. The second-order valence-electron chi connectivity index (χ2n) is 4.76. The molecule has 3 rings (SSSR count). The molecule has 0 unspecified atom stereocenters. The minimum absolute atomic E-state index is 0.229. The summed E-state index contributed by atoms with van der Waals surface area (Å²) in [5.41, 5.74) is 9.62. The van der Waals surface area contributed by atoms with Crippen LogP contribution in [0.4, 0.5) is 15.8 Å². The van der Waals surface area contributed by atoms with Crippen molar-refractivity contribution in [3.8, 4) is 0 Å². The Labute approximate surface area is 116 Å². The Morgan fingerprint density at radius 1 is 1.26 bits per heavy atom. The smallest absolute Gasteiger partial charge is 0.128 e. The summed E-state index contributed by atoms with van der Waals surface area (Å²) in [6.45, 7) is 1.35. The molecule has 0 aliphatic carbocycles. The lowest BCUT2D eigenvalue weighted by Gasteiger charge is -2.21. The summed E-state index contributed by atoms with van der Waals surface area (Å²) >= 11 is 5.92. The molecule has 1 heterocycles. The van der Waals surface area contributed by atoms with Gasteiger partial charge in [-0.15, -0.1) is 0 Å². The number of nitrogen functional groups attached to an aromatic ring is 1. The third-order valence-electron chi connectivity index (χ3n) is 3.49. The SMILES string of the molecule is Nc1cccc2c1N(Cc1cc(Cl)ccc1F)CC2. The van der Waals surface area contributed by atoms with Gasteiger partial charge < -0.3 is 10.6 Å². The van der Waals surface area contributed by atoms with Gasteiger partial charge in [0.25, 0.3) is 0 Å². The molecule has 2 nitrogen and oxygen atoms in total. The molecule has 4 heteroatoms. The highest BCUT2D eigenvalue weighted by molar-refractivity contribution is 6.30. The first kappa shape index (κ1) is 12.3. The van der Waals surface area contributed by atoms with Gasteiger partial charge >= 0.3 is 0 Å². The van der Waals surface area contributed by atoms with Crippen LogP contribution in [-0.4, -0.2) is 6.54 Å². The van der Waals surface area contributed by atoms with Crippen LogP contribution in [0.2, 0.25) is 5.02 Å². The van der Waals surface area contributed by atoms with Crippen LogP contribution in [0.1, 0.15) is 11.1 Å². The van der Waals surface area contributed by atoms with E-state index in [-0.39, 0.29) is 5.82 Å². The maximum absolute atomic E-state index is 13.8. The fraction of sp³-hybridized carbons (Fsp3) is 0.200. The molecule has 0 bridgehead atoms. The molecular formula is C15H14ClFN2. The van der Waals surface area contributed by atoms with E-state index in [1.165, 1.54) is 11.6 Å². The van der Waals surface area contributed by atoms with Crippen molar-refractivity contribution in [2.75, 3.05) is 17.2 Å². The van der Waals surface area contributed by atoms with E-state index in [0.29, 0.717) is 17.1 Å². The standard InChI is InChI=1S/C15H14ClFN2/c16-12-4-5-13(17)11(8-12)9-19-7-6-10-2-1-3-14(18)15(10)19/h1-5,8H,6-7,9,18H2. The molecule has 0 saturated carbocycles. The number of benzene rings is 2. The molecule has 1 aliphatic rings. The third-order valence-corrected chi connectivity index (χ3v) is 3.72. The van der Waals surface area contributed by atoms with Crippen LogP contribution in [0.3, 0.4) is 0 Å². The van der Waals surface area contributed by atoms with Crippen molar-refractivity contribution in [1.29, 1.82) is 0 Å². The van der Waals surface area contributed by atoms with Crippen molar-refractivity contribution in [2.24, 2.45) is 0 Å². The molecule has 2 aromatic rings. The van der Waals surface area contributed by atoms with E-state index >= 15 is 0 Å². The van der Waals surface area contributed by atoms with E-state index in [1.54, 1.807) is 12.1 Å². The van der Waals surface area contributed by atoms with Crippen LogP contribution in [0.5, 0.6) is 0 Å². The van der Waals surface area contributed by atoms with Crippen molar-refractivity contribution in [3.05, 3.63) is 58.4 Å². The Morgan fingerprint density at radius 3 is 2.95 bits per heavy atom. The fourth-order valence-corrected chi connectivity index (χ4v) is 2.79. The number of hydrogen-bond donors (Lipinski definition) is 1. The number of hydrogen-bond acceptors (Lipinski definition) is 2. The molecule has 0 amide bonds. The van der Waals surface area contributed by atoms with Crippen molar-refractivity contribution in [3.63, 3.8) is 0 Å². The van der Waals surface area contributed by atoms with Crippen molar-refractivity contribution < 1.29 is 4.39 Å². The first-order chi connectivity index (χ1) is 9.15. The Balaban J connectivity index is 1.93. The van der Waals surface area contributed by atoms with E-state index in [9.17, 15) is 4.39 Å². The summed E-state index contributed by atoms with van der Waals surface area (Å²) in [6.07, 6.45) is 0.947. The van der Waals surface area contributed by atoms with Gasteiger partial charge in [-0.1, -0.05) is 23.7 Å². The van der Waals surface area contributed by atoms with Gasteiger partial charge in [0.05, 0.1) is 11.4 Å². The maximum Gasteiger partial charge on any atom is 0.128 e. The highest BCUT2D eigenvalue weighted by Crippen LogP contribution is 2.35. The average molecular weight is 277 g/mol. The number of nitrogens with two attached hydrogens (primary N) is 1. The first-order valence-corrected chi connectivity index (χ1v) is 6.59. The summed E-state index contributed by atoms with van der Waals surface area (Å²) in [5.74, 6) is -0.229. The number of halogens is 2. The second-order valence-corrected chi connectivity index (χ2v) is 5.20. The van der Waals surface area contributed by atoms with Crippen LogP contribution in [0.25, 0.3) is 0 Å². The predicted octanol–water partition coefficient (Wildman–Crippen LogP) is 3.62. The summed E-state index contributed by atoms with van der Waals surface area (Å²) in [5, 5.41) is 0.553. The molecule has 0 atom stereocenters. The molecule has 0 fully saturated rings. The van der Waals surface area contributed by atoms with Gasteiger partial charge in [-0.3, -0.25) is 0 Å². The number of fused-ring (bicyclic) bond motifs is 1. The van der Waals surface area contributed by atoms with Crippen LogP contribution >= 0.6 is 11.6 Å². The minimum Gasteiger partial charge on any atom is -0.397 e. The molecule has 0 aromatic heterocycles. The van der Waals surface area contributed by atoms with E-state index in [2.05, 4.69) is 11.0 Å². The van der Waals surface area contributed by atoms with Gasteiger partial charge in [0.15, 0.2) is 0 Å². The van der Waals surface area contributed by atoms with E-state index in [1.807, 2.05) is 12.1 Å². The second kappa shape index (κ2) is 4.74. The lowest BCUT2D eigenvalue weighted by molar-refractivity contribution is 0.606. The molecule has 0 saturated heterocycles. The first-order valence-electron chi connectivity index (χ1n) is 6.21. The van der Waals surface area contributed by atoms with Crippen LogP contribution < -0.4 is 10.6 Å². The molecule has 2 N–H and O–H groups in total. The molecule has 19 heavy (non-hydrogen) atoms. The van der Waals surface area contributed by atoms with Crippen molar-refractivity contribution in [1.82, 2.24) is 0 Å². The van der Waals surface area contributed by atoms with Gasteiger partial charge in [0.2, 0.25) is 0 Å². The van der Waals surface area contributed by atoms with Crippen LogP contribution in [-0.2, 0) is 13.0 Å². The van der Waals surface area contributed by atoms with E-state index in [0.717, 1.165) is 24.3 Å². The van der Waals surface area contributed by atoms with Gasteiger partial charge in [0.1, 0.15) is 5.82 Å². The molecule has 1 aliphatic heterocycles. The van der Waals surface area contributed by atoms with Crippen molar-refractivity contribution >= 4 is 23.0 Å². The van der Waals surface area contributed by atoms with E-state index < -0.39 is 0 Å². The number of rotatable bonds is 2. The van der Waals surface area contributed by atoms with Crippen molar-refractivity contribution in [2.45, 2.75) is 13.0 Å². The zero-order chi connectivity index (χ0) is 13.4. The van der Waals surface area contributed by atoms with Crippen LogP contribution in [0, 0.1) is 5.82 Å². The van der Waals surface area contributed by atoms with Gasteiger partial charge in [0, 0.05) is 23.7 Å². The Bertz CT molecular complexity index is 628. The van der Waals surface area contributed by atoms with Gasteiger partial charge in [-0.05, 0) is 36.2 Å².